The van der Waals surface area contributed by atoms with E-state index in [0.29, 0.717) is 24.2 Å². The minimum absolute atomic E-state index is 0.0105. The number of hydrogen-bond acceptors (Lipinski definition) is 4. The monoisotopic (exact) mass is 356 g/mol. The van der Waals surface area contributed by atoms with Crippen LogP contribution in [0.4, 0.5) is 0 Å². The van der Waals surface area contributed by atoms with Crippen molar-refractivity contribution in [1.82, 2.24) is 9.55 Å². The van der Waals surface area contributed by atoms with Crippen molar-refractivity contribution in [3.8, 4) is 0 Å². The summed E-state index contributed by atoms with van der Waals surface area (Å²) >= 11 is 0. The normalized spacial score (nSPS) is 11.6. The molecule has 25 heavy (non-hydrogen) atoms. The highest BCUT2D eigenvalue weighted by atomic mass is 32.2. The van der Waals surface area contributed by atoms with E-state index in [4.69, 9.17) is 0 Å². The van der Waals surface area contributed by atoms with Crippen molar-refractivity contribution in [3.05, 3.63) is 83.7 Å². The molecule has 3 rings (SSSR count). The lowest BCUT2D eigenvalue weighted by Gasteiger charge is -2.11. The van der Waals surface area contributed by atoms with E-state index in [2.05, 4.69) is 4.98 Å². The molecule has 0 aliphatic heterocycles. The summed E-state index contributed by atoms with van der Waals surface area (Å²) in [5.74, 6) is -0.110. The van der Waals surface area contributed by atoms with E-state index in [1.54, 1.807) is 16.7 Å². The SMILES string of the molecule is O=S(=O)(Cc1ccccc1)c1ncc(CO)n1CCc1ccccc1. The van der Waals surface area contributed by atoms with Gasteiger partial charge in [0, 0.05) is 6.54 Å². The Labute approximate surface area is 147 Å². The van der Waals surface area contributed by atoms with Crippen LogP contribution in [-0.2, 0) is 35.2 Å². The lowest BCUT2D eigenvalue weighted by molar-refractivity contribution is 0.268. The summed E-state index contributed by atoms with van der Waals surface area (Å²) in [6.07, 6.45) is 2.10. The predicted molar refractivity (Wildman–Crippen MR) is 95.6 cm³/mol. The second-order valence-corrected chi connectivity index (χ2v) is 7.71. The zero-order chi connectivity index (χ0) is 17.7. The Hall–Kier alpha value is -2.44. The van der Waals surface area contributed by atoms with Gasteiger partial charge in [0.15, 0.2) is 0 Å². The fraction of sp³-hybridized carbons (Fsp3) is 0.211. The van der Waals surface area contributed by atoms with Gasteiger partial charge < -0.3 is 9.67 Å². The molecule has 0 radical (unpaired) electrons. The highest BCUT2D eigenvalue weighted by molar-refractivity contribution is 7.90. The molecule has 1 aromatic heterocycles. The smallest absolute Gasteiger partial charge is 0.228 e. The Bertz CT molecular complexity index is 920. The fourth-order valence-electron chi connectivity index (χ4n) is 2.75. The molecule has 0 amide bonds. The van der Waals surface area contributed by atoms with Crippen molar-refractivity contribution in [1.29, 1.82) is 0 Å². The van der Waals surface area contributed by atoms with Gasteiger partial charge in [0.25, 0.3) is 0 Å². The zero-order valence-electron chi connectivity index (χ0n) is 13.7. The summed E-state index contributed by atoms with van der Waals surface area (Å²) in [7, 11) is -3.60. The van der Waals surface area contributed by atoms with Crippen molar-refractivity contribution in [3.63, 3.8) is 0 Å². The number of rotatable bonds is 7. The van der Waals surface area contributed by atoms with Gasteiger partial charge in [-0.3, -0.25) is 0 Å². The number of aliphatic hydroxyl groups excluding tert-OH is 1. The molecule has 5 nitrogen and oxygen atoms in total. The summed E-state index contributed by atoms with van der Waals surface area (Å²) < 4.78 is 27.2. The third kappa shape index (κ3) is 4.15. The number of nitrogens with zero attached hydrogens (tertiary/aromatic N) is 2. The lowest BCUT2D eigenvalue weighted by atomic mass is 10.1. The van der Waals surface area contributed by atoms with E-state index >= 15 is 0 Å². The topological polar surface area (TPSA) is 72.2 Å². The van der Waals surface area contributed by atoms with E-state index in [1.165, 1.54) is 6.20 Å². The number of hydrogen-bond donors (Lipinski definition) is 1. The molecule has 0 spiro atoms. The minimum Gasteiger partial charge on any atom is -0.390 e. The van der Waals surface area contributed by atoms with Crippen LogP contribution in [0.3, 0.4) is 0 Å². The van der Waals surface area contributed by atoms with Gasteiger partial charge in [-0.05, 0) is 17.5 Å². The van der Waals surface area contributed by atoms with Gasteiger partial charge >= 0.3 is 0 Å². The van der Waals surface area contributed by atoms with Crippen LogP contribution in [0.1, 0.15) is 16.8 Å². The summed E-state index contributed by atoms with van der Waals surface area (Å²) in [5, 5.41) is 9.54. The van der Waals surface area contributed by atoms with Gasteiger partial charge in [0.1, 0.15) is 0 Å². The third-order valence-corrected chi connectivity index (χ3v) is 5.60. The molecule has 1 heterocycles. The number of aliphatic hydroxyl groups is 1. The molecule has 0 atom stereocenters. The van der Waals surface area contributed by atoms with Crippen LogP contribution in [0.5, 0.6) is 0 Å². The summed E-state index contributed by atoms with van der Waals surface area (Å²) in [6.45, 7) is 0.200. The highest BCUT2D eigenvalue weighted by Crippen LogP contribution is 2.18. The number of sulfone groups is 1. The molecule has 6 heteroatoms. The molecule has 0 saturated heterocycles. The standard InChI is InChI=1S/C19H20N2O3S/c22-14-18-13-20-19(21(18)12-11-16-7-3-1-4-8-16)25(23,24)15-17-9-5-2-6-10-17/h1-10,13,22H,11-12,14-15H2. The molecule has 3 aromatic rings. The first-order valence-electron chi connectivity index (χ1n) is 8.06. The molecule has 0 saturated carbocycles. The predicted octanol–water partition coefficient (Wildman–Crippen LogP) is 2.59. The zero-order valence-corrected chi connectivity index (χ0v) is 14.6. The van der Waals surface area contributed by atoms with Gasteiger partial charge in [0.2, 0.25) is 15.0 Å². The fourth-order valence-corrected chi connectivity index (χ4v) is 4.27. The van der Waals surface area contributed by atoms with Gasteiger partial charge in [-0.2, -0.15) is 0 Å². The third-order valence-electron chi connectivity index (χ3n) is 4.01. The second kappa shape index (κ2) is 7.63. The van der Waals surface area contributed by atoms with Crippen molar-refractivity contribution in [2.24, 2.45) is 0 Å². The van der Waals surface area contributed by atoms with E-state index in [-0.39, 0.29) is 17.5 Å². The molecule has 0 bridgehead atoms. The minimum atomic E-state index is -3.60. The molecule has 0 unspecified atom stereocenters. The maximum absolute atomic E-state index is 12.8. The molecular weight excluding hydrogens is 336 g/mol. The van der Waals surface area contributed by atoms with Crippen molar-refractivity contribution >= 4 is 9.84 Å². The number of imidazole rings is 1. The average Bonchev–Trinajstić information content (AvgIpc) is 3.05. The van der Waals surface area contributed by atoms with Gasteiger partial charge in [-0.1, -0.05) is 60.7 Å². The maximum atomic E-state index is 12.8. The summed E-state index contributed by atoms with van der Waals surface area (Å²) in [6, 6.07) is 18.9. The average molecular weight is 356 g/mol. The van der Waals surface area contributed by atoms with Gasteiger partial charge in [0.05, 0.1) is 24.3 Å². The second-order valence-electron chi connectivity index (χ2n) is 5.82. The van der Waals surface area contributed by atoms with E-state index in [0.717, 1.165) is 5.56 Å². The Balaban J connectivity index is 1.87. The highest BCUT2D eigenvalue weighted by Gasteiger charge is 2.23. The number of benzene rings is 2. The van der Waals surface area contributed by atoms with Crippen molar-refractivity contribution in [2.45, 2.75) is 30.5 Å². The molecule has 0 fully saturated rings. The largest absolute Gasteiger partial charge is 0.390 e. The number of aryl methyl sites for hydroxylation is 1. The van der Waals surface area contributed by atoms with E-state index < -0.39 is 9.84 Å². The van der Waals surface area contributed by atoms with Crippen molar-refractivity contribution < 1.29 is 13.5 Å². The van der Waals surface area contributed by atoms with Gasteiger partial charge in [-0.25, -0.2) is 13.4 Å². The Kier molecular flexibility index (Phi) is 5.31. The van der Waals surface area contributed by atoms with Crippen LogP contribution < -0.4 is 0 Å². The maximum Gasteiger partial charge on any atom is 0.228 e. The van der Waals surface area contributed by atoms with E-state index in [1.807, 2.05) is 48.5 Å². The summed E-state index contributed by atoms with van der Waals surface area (Å²) in [5.41, 5.74) is 2.32. The van der Waals surface area contributed by atoms with Crippen LogP contribution in [0.15, 0.2) is 72.0 Å². The molecular formula is C19H20N2O3S. The molecule has 0 aliphatic rings. The summed E-state index contributed by atoms with van der Waals surface area (Å²) in [4.78, 5) is 4.08. The van der Waals surface area contributed by atoms with Crippen LogP contribution >= 0.6 is 0 Å². The molecule has 130 valence electrons. The van der Waals surface area contributed by atoms with Crippen molar-refractivity contribution in [2.75, 3.05) is 0 Å². The molecule has 1 N–H and O–H groups in total. The molecule has 2 aromatic carbocycles. The van der Waals surface area contributed by atoms with Crippen LogP contribution in [0.25, 0.3) is 0 Å². The lowest BCUT2D eigenvalue weighted by Crippen LogP contribution is -2.16. The Morgan fingerprint density at radius 1 is 0.920 bits per heavy atom. The van der Waals surface area contributed by atoms with Crippen LogP contribution in [0.2, 0.25) is 0 Å². The first-order chi connectivity index (χ1) is 12.1. The Morgan fingerprint density at radius 3 is 2.12 bits per heavy atom. The quantitative estimate of drug-likeness (QED) is 0.706. The number of aromatic nitrogens is 2. The van der Waals surface area contributed by atoms with Gasteiger partial charge in [-0.15, -0.1) is 0 Å². The molecule has 0 aliphatic carbocycles. The Morgan fingerprint density at radius 2 is 1.52 bits per heavy atom. The van der Waals surface area contributed by atoms with Crippen LogP contribution in [0, 0.1) is 0 Å². The van der Waals surface area contributed by atoms with E-state index in [9.17, 15) is 13.5 Å². The first-order valence-corrected chi connectivity index (χ1v) is 9.71. The van der Waals surface area contributed by atoms with Crippen LogP contribution in [-0.4, -0.2) is 23.1 Å². The first kappa shape index (κ1) is 17.4.